The Hall–Kier alpha value is -1.67. The van der Waals surface area contributed by atoms with Crippen LogP contribution in [-0.4, -0.2) is 18.4 Å². The summed E-state index contributed by atoms with van der Waals surface area (Å²) in [7, 11) is -3.78. The Kier molecular flexibility index (Phi) is 3.72. The molecule has 0 spiro atoms. The zero-order valence-electron chi connectivity index (χ0n) is 9.96. The van der Waals surface area contributed by atoms with Crippen LogP contribution in [0.3, 0.4) is 0 Å². The zero-order valence-corrected chi connectivity index (χ0v) is 12.4. The summed E-state index contributed by atoms with van der Waals surface area (Å²) in [6.45, 7) is 1.77. The molecule has 2 heterocycles. The number of hydrogen-bond acceptors (Lipinski definition) is 5. The van der Waals surface area contributed by atoms with Crippen LogP contribution < -0.4 is 10.5 Å². The molecule has 100 valence electrons. The third-order valence-corrected chi connectivity index (χ3v) is 4.13. The van der Waals surface area contributed by atoms with Gasteiger partial charge in [0.1, 0.15) is 10.7 Å². The van der Waals surface area contributed by atoms with Crippen molar-refractivity contribution in [1.29, 1.82) is 0 Å². The van der Waals surface area contributed by atoms with E-state index in [0.717, 1.165) is 0 Å². The van der Waals surface area contributed by atoms with Gasteiger partial charge in [-0.2, -0.15) is 0 Å². The molecule has 0 aliphatic heterocycles. The number of pyridine rings is 2. The standard InChI is InChI=1S/C11H11BrN4O2S/c1-7-4-9(2-3-14-7)16-19(17,18)10-5-8(12)6-15-11(10)13/h2-6H,1H3,(H2,13,15)(H,14,16). The van der Waals surface area contributed by atoms with Crippen molar-refractivity contribution in [1.82, 2.24) is 9.97 Å². The Morgan fingerprint density at radius 2 is 2.05 bits per heavy atom. The molecule has 6 nitrogen and oxygen atoms in total. The smallest absolute Gasteiger partial charge is 0.265 e. The van der Waals surface area contributed by atoms with Crippen LogP contribution in [0, 0.1) is 6.92 Å². The van der Waals surface area contributed by atoms with Crippen LogP contribution in [0.4, 0.5) is 11.5 Å². The lowest BCUT2D eigenvalue weighted by molar-refractivity contribution is 0.601. The van der Waals surface area contributed by atoms with Crippen LogP contribution in [0.15, 0.2) is 40.0 Å². The first-order chi connectivity index (χ1) is 8.88. The van der Waals surface area contributed by atoms with Crippen molar-refractivity contribution >= 4 is 37.5 Å². The van der Waals surface area contributed by atoms with Crippen molar-refractivity contribution in [3.8, 4) is 0 Å². The topological polar surface area (TPSA) is 98.0 Å². The average Bonchev–Trinajstić information content (AvgIpc) is 2.31. The first-order valence-corrected chi connectivity index (χ1v) is 7.52. The number of hydrogen-bond donors (Lipinski definition) is 2. The van der Waals surface area contributed by atoms with E-state index in [2.05, 4.69) is 30.6 Å². The van der Waals surface area contributed by atoms with Gasteiger partial charge in [0.25, 0.3) is 10.0 Å². The van der Waals surface area contributed by atoms with E-state index in [-0.39, 0.29) is 10.7 Å². The minimum Gasteiger partial charge on any atom is -0.383 e. The van der Waals surface area contributed by atoms with Crippen molar-refractivity contribution in [3.63, 3.8) is 0 Å². The van der Waals surface area contributed by atoms with Crippen LogP contribution >= 0.6 is 15.9 Å². The van der Waals surface area contributed by atoms with Crippen molar-refractivity contribution in [2.45, 2.75) is 11.8 Å². The second-order valence-corrected chi connectivity index (χ2v) is 6.39. The van der Waals surface area contributed by atoms with Gasteiger partial charge in [-0.25, -0.2) is 13.4 Å². The highest BCUT2D eigenvalue weighted by Gasteiger charge is 2.19. The minimum atomic E-state index is -3.78. The second-order valence-electron chi connectivity index (χ2n) is 3.83. The number of nitrogens with two attached hydrogens (primary N) is 1. The van der Waals surface area contributed by atoms with E-state index in [1.54, 1.807) is 19.1 Å². The summed E-state index contributed by atoms with van der Waals surface area (Å²) >= 11 is 3.17. The molecule has 3 N–H and O–H groups in total. The number of nitrogen functional groups attached to an aromatic ring is 1. The summed E-state index contributed by atoms with van der Waals surface area (Å²) in [6, 6.07) is 4.59. The third-order valence-electron chi connectivity index (χ3n) is 2.29. The van der Waals surface area contributed by atoms with Crippen LogP contribution in [0.1, 0.15) is 5.69 Å². The number of anilines is 2. The molecule has 0 bridgehead atoms. The zero-order chi connectivity index (χ0) is 14.0. The molecule has 0 amide bonds. The summed E-state index contributed by atoms with van der Waals surface area (Å²) in [6.07, 6.45) is 2.96. The van der Waals surface area contributed by atoms with E-state index >= 15 is 0 Å². The molecule has 2 rings (SSSR count). The molecule has 2 aromatic heterocycles. The van der Waals surface area contributed by atoms with Gasteiger partial charge in [-0.1, -0.05) is 0 Å². The molecule has 0 aromatic carbocycles. The number of aromatic nitrogens is 2. The van der Waals surface area contributed by atoms with Gasteiger partial charge < -0.3 is 5.73 Å². The van der Waals surface area contributed by atoms with E-state index in [9.17, 15) is 8.42 Å². The Balaban J connectivity index is 2.40. The van der Waals surface area contributed by atoms with Gasteiger partial charge in [0.15, 0.2) is 0 Å². The van der Waals surface area contributed by atoms with Crippen LogP contribution in [0.2, 0.25) is 0 Å². The molecular weight excluding hydrogens is 332 g/mol. The highest BCUT2D eigenvalue weighted by molar-refractivity contribution is 9.10. The van der Waals surface area contributed by atoms with E-state index in [0.29, 0.717) is 15.9 Å². The molecule has 0 unspecified atom stereocenters. The van der Waals surface area contributed by atoms with Crippen molar-refractivity contribution in [2.24, 2.45) is 0 Å². The summed E-state index contributed by atoms with van der Waals surface area (Å²) in [4.78, 5) is 7.73. The summed E-state index contributed by atoms with van der Waals surface area (Å²) in [5, 5.41) is 0. The quantitative estimate of drug-likeness (QED) is 0.887. The molecule has 8 heteroatoms. The molecule has 0 aliphatic rings. The maximum atomic E-state index is 12.2. The molecule has 0 saturated carbocycles. The number of rotatable bonds is 3. The predicted octanol–water partition coefficient (Wildman–Crippen LogP) is 1.93. The number of halogens is 1. The molecule has 0 saturated heterocycles. The Bertz CT molecular complexity index is 718. The highest BCUT2D eigenvalue weighted by Crippen LogP contribution is 2.23. The fourth-order valence-corrected chi connectivity index (χ4v) is 3.11. The Labute approximate surface area is 119 Å². The van der Waals surface area contributed by atoms with E-state index in [1.165, 1.54) is 18.5 Å². The summed E-state index contributed by atoms with van der Waals surface area (Å²) < 4.78 is 27.4. The van der Waals surface area contributed by atoms with E-state index in [1.807, 2.05) is 0 Å². The van der Waals surface area contributed by atoms with Crippen molar-refractivity contribution in [3.05, 3.63) is 40.8 Å². The predicted molar refractivity (Wildman–Crippen MR) is 76.1 cm³/mol. The lowest BCUT2D eigenvalue weighted by Crippen LogP contribution is -2.15. The van der Waals surface area contributed by atoms with Gasteiger partial charge in [-0.15, -0.1) is 0 Å². The average molecular weight is 343 g/mol. The fourth-order valence-electron chi connectivity index (χ4n) is 1.47. The fraction of sp³-hybridized carbons (Fsp3) is 0.0909. The first kappa shape index (κ1) is 13.8. The largest absolute Gasteiger partial charge is 0.383 e. The maximum Gasteiger partial charge on any atom is 0.265 e. The molecule has 0 fully saturated rings. The number of nitrogens with zero attached hydrogens (tertiary/aromatic N) is 2. The number of sulfonamides is 1. The van der Waals surface area contributed by atoms with Gasteiger partial charge in [-0.3, -0.25) is 9.71 Å². The summed E-state index contributed by atoms with van der Waals surface area (Å²) in [5.74, 6) is -0.0542. The normalized spacial score (nSPS) is 11.3. The van der Waals surface area contributed by atoms with Crippen molar-refractivity contribution in [2.75, 3.05) is 10.5 Å². The molecule has 2 aromatic rings. The maximum absolute atomic E-state index is 12.2. The van der Waals surface area contributed by atoms with Gasteiger partial charge in [0.05, 0.1) is 5.69 Å². The second kappa shape index (κ2) is 5.14. The van der Waals surface area contributed by atoms with Gasteiger partial charge in [0, 0.05) is 22.6 Å². The Morgan fingerprint density at radius 1 is 1.32 bits per heavy atom. The highest BCUT2D eigenvalue weighted by atomic mass is 79.9. The van der Waals surface area contributed by atoms with Crippen LogP contribution in [0.25, 0.3) is 0 Å². The third kappa shape index (κ3) is 3.21. The lowest BCUT2D eigenvalue weighted by atomic mass is 10.3. The molecule has 19 heavy (non-hydrogen) atoms. The summed E-state index contributed by atoms with van der Waals surface area (Å²) in [5.41, 5.74) is 6.73. The van der Waals surface area contributed by atoms with E-state index in [4.69, 9.17) is 5.73 Å². The molecular formula is C11H11BrN4O2S. The van der Waals surface area contributed by atoms with Crippen LogP contribution in [0.5, 0.6) is 0 Å². The van der Waals surface area contributed by atoms with Gasteiger partial charge in [-0.05, 0) is 41.1 Å². The van der Waals surface area contributed by atoms with Crippen LogP contribution in [-0.2, 0) is 10.0 Å². The molecule has 0 radical (unpaired) electrons. The van der Waals surface area contributed by atoms with E-state index < -0.39 is 10.0 Å². The van der Waals surface area contributed by atoms with Crippen molar-refractivity contribution < 1.29 is 8.42 Å². The first-order valence-electron chi connectivity index (χ1n) is 5.25. The molecule has 0 aliphatic carbocycles. The van der Waals surface area contributed by atoms with Gasteiger partial charge in [0.2, 0.25) is 0 Å². The number of aryl methyl sites for hydroxylation is 1. The number of nitrogens with one attached hydrogen (secondary N) is 1. The van der Waals surface area contributed by atoms with Gasteiger partial charge >= 0.3 is 0 Å². The Morgan fingerprint density at radius 3 is 2.74 bits per heavy atom. The minimum absolute atomic E-state index is 0.0542. The monoisotopic (exact) mass is 342 g/mol. The SMILES string of the molecule is Cc1cc(NS(=O)(=O)c2cc(Br)cnc2N)ccn1. The molecule has 0 atom stereocenters. The lowest BCUT2D eigenvalue weighted by Gasteiger charge is -2.10.